The summed E-state index contributed by atoms with van der Waals surface area (Å²) in [5.41, 5.74) is 4.35. The fraction of sp³-hybridized carbons (Fsp3) is 0.394. The van der Waals surface area contributed by atoms with E-state index < -0.39 is 0 Å². The average Bonchev–Trinajstić information content (AvgIpc) is 2.88. The van der Waals surface area contributed by atoms with Crippen LogP contribution in [0.3, 0.4) is 0 Å². The first-order valence-electron chi connectivity index (χ1n) is 13.3. The summed E-state index contributed by atoms with van der Waals surface area (Å²) in [4.78, 5) is 0. The first-order chi connectivity index (χ1) is 16.6. The zero-order valence-corrected chi connectivity index (χ0v) is 22.8. The standard InChI is InChI=1S/C33H39Br/c1-4-7-8-9-10-13-22-33(5-2,6-3)29-20-18-26-23-28(17-16-27(26)24-29)31-21-19-25-14-11-12-15-30(25)32(31)34/h11-12,14-21,23-24H,4-10,13,22H2,1-3H3. The van der Waals surface area contributed by atoms with Crippen LogP contribution in [0.25, 0.3) is 32.7 Å². The Labute approximate surface area is 214 Å². The molecule has 0 N–H and O–H groups in total. The van der Waals surface area contributed by atoms with Gasteiger partial charge in [-0.3, -0.25) is 0 Å². The number of fused-ring (bicyclic) bond motifs is 2. The monoisotopic (exact) mass is 514 g/mol. The molecule has 4 aromatic carbocycles. The normalized spacial score (nSPS) is 12.0. The number of hydrogen-bond donors (Lipinski definition) is 0. The first-order valence-corrected chi connectivity index (χ1v) is 14.1. The van der Waals surface area contributed by atoms with Crippen molar-refractivity contribution in [2.75, 3.05) is 0 Å². The smallest absolute Gasteiger partial charge is 0.0332 e. The van der Waals surface area contributed by atoms with Gasteiger partial charge in [-0.05, 0) is 84.9 Å². The van der Waals surface area contributed by atoms with Crippen LogP contribution in [0.15, 0.2) is 77.3 Å². The summed E-state index contributed by atoms with van der Waals surface area (Å²) in [7, 11) is 0. The molecule has 0 aliphatic heterocycles. The molecule has 0 fully saturated rings. The Morgan fingerprint density at radius 1 is 0.647 bits per heavy atom. The highest BCUT2D eigenvalue weighted by Crippen LogP contribution is 2.40. The van der Waals surface area contributed by atoms with Gasteiger partial charge in [0.2, 0.25) is 0 Å². The Balaban J connectivity index is 1.59. The van der Waals surface area contributed by atoms with Gasteiger partial charge in [0.15, 0.2) is 0 Å². The summed E-state index contributed by atoms with van der Waals surface area (Å²) in [6.45, 7) is 7.05. The van der Waals surface area contributed by atoms with Crippen LogP contribution in [0.5, 0.6) is 0 Å². The van der Waals surface area contributed by atoms with E-state index in [0.29, 0.717) is 5.41 Å². The number of rotatable bonds is 11. The molecular formula is C33H39Br. The lowest BCUT2D eigenvalue weighted by molar-refractivity contribution is 0.348. The fourth-order valence-corrected chi connectivity index (χ4v) is 6.32. The van der Waals surface area contributed by atoms with Crippen LogP contribution in [-0.2, 0) is 5.41 Å². The Bertz CT molecular complexity index is 1230. The predicted molar refractivity (Wildman–Crippen MR) is 155 cm³/mol. The second-order valence-corrected chi connectivity index (χ2v) is 10.7. The lowest BCUT2D eigenvalue weighted by Crippen LogP contribution is -2.24. The minimum absolute atomic E-state index is 0.305. The zero-order valence-electron chi connectivity index (χ0n) is 21.2. The van der Waals surface area contributed by atoms with E-state index in [1.165, 1.54) is 100 Å². The maximum atomic E-state index is 3.88. The molecule has 0 spiro atoms. The third kappa shape index (κ3) is 5.25. The van der Waals surface area contributed by atoms with Gasteiger partial charge in [-0.15, -0.1) is 0 Å². The summed E-state index contributed by atoms with van der Waals surface area (Å²) in [6, 6.07) is 27.2. The van der Waals surface area contributed by atoms with Crippen molar-refractivity contribution in [1.82, 2.24) is 0 Å². The molecule has 0 radical (unpaired) electrons. The molecule has 0 amide bonds. The van der Waals surface area contributed by atoms with Crippen LogP contribution in [0.4, 0.5) is 0 Å². The Hall–Kier alpha value is -2.12. The van der Waals surface area contributed by atoms with Gasteiger partial charge in [0.1, 0.15) is 0 Å². The van der Waals surface area contributed by atoms with Gasteiger partial charge in [-0.25, -0.2) is 0 Å². The van der Waals surface area contributed by atoms with Crippen molar-refractivity contribution in [3.8, 4) is 11.1 Å². The van der Waals surface area contributed by atoms with Gasteiger partial charge in [0.05, 0.1) is 0 Å². The van der Waals surface area contributed by atoms with Crippen molar-refractivity contribution in [2.45, 2.75) is 84.0 Å². The molecule has 0 aliphatic rings. The maximum absolute atomic E-state index is 3.88. The second kappa shape index (κ2) is 11.5. The summed E-state index contributed by atoms with van der Waals surface area (Å²) >= 11 is 3.88. The predicted octanol–water partition coefficient (Wildman–Crippen LogP) is 11.2. The molecule has 4 rings (SSSR count). The van der Waals surface area contributed by atoms with Gasteiger partial charge in [-0.2, -0.15) is 0 Å². The molecule has 178 valence electrons. The van der Waals surface area contributed by atoms with Crippen molar-refractivity contribution in [3.63, 3.8) is 0 Å². The van der Waals surface area contributed by atoms with E-state index in [9.17, 15) is 0 Å². The van der Waals surface area contributed by atoms with E-state index in [2.05, 4.69) is 109 Å². The maximum Gasteiger partial charge on any atom is 0.0332 e. The molecule has 0 atom stereocenters. The zero-order chi connectivity index (χ0) is 24.0. The second-order valence-electron chi connectivity index (χ2n) is 9.93. The molecular weight excluding hydrogens is 476 g/mol. The molecule has 0 nitrogen and oxygen atoms in total. The molecule has 34 heavy (non-hydrogen) atoms. The van der Waals surface area contributed by atoms with Crippen LogP contribution in [-0.4, -0.2) is 0 Å². The summed E-state index contributed by atoms with van der Waals surface area (Å²) in [5, 5.41) is 5.21. The number of benzene rings is 4. The highest BCUT2D eigenvalue weighted by Gasteiger charge is 2.28. The van der Waals surface area contributed by atoms with Crippen LogP contribution >= 0.6 is 15.9 Å². The van der Waals surface area contributed by atoms with Gasteiger partial charge >= 0.3 is 0 Å². The molecule has 0 bridgehead atoms. The van der Waals surface area contributed by atoms with Crippen LogP contribution in [0.2, 0.25) is 0 Å². The number of hydrogen-bond acceptors (Lipinski definition) is 0. The minimum atomic E-state index is 0.305. The number of halogens is 1. The van der Waals surface area contributed by atoms with Crippen molar-refractivity contribution in [3.05, 3.63) is 82.8 Å². The van der Waals surface area contributed by atoms with Crippen molar-refractivity contribution in [1.29, 1.82) is 0 Å². The minimum Gasteiger partial charge on any atom is -0.0654 e. The topological polar surface area (TPSA) is 0 Å². The molecule has 0 aliphatic carbocycles. The quantitative estimate of drug-likeness (QED) is 0.174. The van der Waals surface area contributed by atoms with Gasteiger partial charge in [-0.1, -0.05) is 126 Å². The van der Waals surface area contributed by atoms with Gasteiger partial charge in [0, 0.05) is 4.47 Å². The lowest BCUT2D eigenvalue weighted by atomic mass is 9.72. The molecule has 0 unspecified atom stereocenters. The van der Waals surface area contributed by atoms with Gasteiger partial charge in [0.25, 0.3) is 0 Å². The highest BCUT2D eigenvalue weighted by atomic mass is 79.9. The molecule has 1 heteroatoms. The van der Waals surface area contributed by atoms with E-state index >= 15 is 0 Å². The van der Waals surface area contributed by atoms with Crippen molar-refractivity contribution in [2.24, 2.45) is 0 Å². The fourth-order valence-electron chi connectivity index (χ4n) is 5.60. The van der Waals surface area contributed by atoms with Crippen LogP contribution < -0.4 is 0 Å². The Kier molecular flexibility index (Phi) is 8.48. The van der Waals surface area contributed by atoms with E-state index in [1.54, 1.807) is 0 Å². The summed E-state index contributed by atoms with van der Waals surface area (Å²) in [6.07, 6.45) is 11.9. The van der Waals surface area contributed by atoms with E-state index in [-0.39, 0.29) is 0 Å². The summed E-state index contributed by atoms with van der Waals surface area (Å²) in [5.74, 6) is 0. The van der Waals surface area contributed by atoms with Crippen molar-refractivity contribution < 1.29 is 0 Å². The van der Waals surface area contributed by atoms with Crippen LogP contribution in [0, 0.1) is 0 Å². The largest absolute Gasteiger partial charge is 0.0654 e. The highest BCUT2D eigenvalue weighted by molar-refractivity contribution is 9.10. The SMILES string of the molecule is CCCCCCCCC(CC)(CC)c1ccc2cc(-c3ccc4ccccc4c3Br)ccc2c1. The van der Waals surface area contributed by atoms with Crippen LogP contribution in [0.1, 0.15) is 84.1 Å². The molecule has 0 aromatic heterocycles. The lowest BCUT2D eigenvalue weighted by Gasteiger charge is -2.33. The van der Waals surface area contributed by atoms with E-state index in [0.717, 1.165) is 0 Å². The average molecular weight is 516 g/mol. The molecule has 0 saturated heterocycles. The number of unbranched alkanes of at least 4 members (excludes halogenated alkanes) is 5. The van der Waals surface area contributed by atoms with E-state index in [1.807, 2.05) is 0 Å². The molecule has 4 aromatic rings. The van der Waals surface area contributed by atoms with Crippen molar-refractivity contribution >= 4 is 37.5 Å². The van der Waals surface area contributed by atoms with E-state index in [4.69, 9.17) is 0 Å². The summed E-state index contributed by atoms with van der Waals surface area (Å²) < 4.78 is 1.18. The Morgan fingerprint density at radius 2 is 1.32 bits per heavy atom. The molecule has 0 heterocycles. The third-order valence-electron chi connectivity index (χ3n) is 7.99. The van der Waals surface area contributed by atoms with Gasteiger partial charge < -0.3 is 0 Å². The Morgan fingerprint density at radius 3 is 2.12 bits per heavy atom. The first kappa shape index (κ1) is 25.0. The molecule has 0 saturated carbocycles. The third-order valence-corrected chi connectivity index (χ3v) is 8.84.